The highest BCUT2D eigenvalue weighted by molar-refractivity contribution is 5.92. The zero-order valence-corrected chi connectivity index (χ0v) is 24.0. The van der Waals surface area contributed by atoms with E-state index in [9.17, 15) is 5.11 Å². The van der Waals surface area contributed by atoms with Crippen molar-refractivity contribution in [1.82, 2.24) is 20.2 Å². The molecule has 4 aliphatic rings. The summed E-state index contributed by atoms with van der Waals surface area (Å²) < 4.78 is 12.9. The molecule has 3 atom stereocenters. The second kappa shape index (κ2) is 10.5. The van der Waals surface area contributed by atoms with Gasteiger partial charge in [-0.3, -0.25) is 0 Å². The van der Waals surface area contributed by atoms with E-state index < -0.39 is 0 Å². The van der Waals surface area contributed by atoms with Crippen molar-refractivity contribution in [3.05, 3.63) is 52.7 Å². The van der Waals surface area contributed by atoms with Crippen LogP contribution in [0.3, 0.4) is 0 Å². The average molecular weight is 554 g/mol. The largest absolute Gasteiger partial charge is 0.508 e. The van der Waals surface area contributed by atoms with Crippen molar-refractivity contribution >= 4 is 16.6 Å². The monoisotopic (exact) mass is 553 g/mol. The minimum absolute atomic E-state index is 0.201. The number of anilines is 1. The van der Waals surface area contributed by atoms with Crippen LogP contribution in [-0.4, -0.2) is 72.4 Å². The summed E-state index contributed by atoms with van der Waals surface area (Å²) in [4.78, 5) is 14.7. The predicted octanol–water partition coefficient (Wildman–Crippen LogP) is 4.18. The summed E-state index contributed by atoms with van der Waals surface area (Å²) in [6, 6.07) is 10.8. The van der Waals surface area contributed by atoms with Gasteiger partial charge in [0.2, 0.25) is 0 Å². The minimum atomic E-state index is -0.295. The molecule has 4 heterocycles. The minimum Gasteiger partial charge on any atom is -0.508 e. The van der Waals surface area contributed by atoms with Crippen LogP contribution in [0.4, 0.5) is 5.82 Å². The van der Waals surface area contributed by atoms with E-state index in [1.165, 1.54) is 25.7 Å². The number of aromatic hydroxyl groups is 1. The molecule has 7 rings (SSSR count). The van der Waals surface area contributed by atoms with Crippen molar-refractivity contribution in [3.63, 3.8) is 0 Å². The first kappa shape index (κ1) is 26.5. The molecule has 1 aromatic heterocycles. The van der Waals surface area contributed by atoms with E-state index in [4.69, 9.17) is 25.9 Å². The molecule has 2 saturated heterocycles. The van der Waals surface area contributed by atoms with E-state index in [0.717, 1.165) is 65.0 Å². The predicted molar refractivity (Wildman–Crippen MR) is 159 cm³/mol. The Labute approximate surface area is 242 Å². The van der Waals surface area contributed by atoms with Gasteiger partial charge in [-0.25, -0.2) is 0 Å². The molecular formula is C33H39N5O3. The molecule has 3 aromatic rings. The maximum atomic E-state index is 10.6. The van der Waals surface area contributed by atoms with Gasteiger partial charge < -0.3 is 29.7 Å². The number of fused-ring (bicyclic) bond motifs is 4. The topological polar surface area (TPSA) is 83.0 Å². The van der Waals surface area contributed by atoms with Crippen molar-refractivity contribution in [2.24, 2.45) is 5.41 Å². The molecule has 2 bridgehead atoms. The van der Waals surface area contributed by atoms with Crippen molar-refractivity contribution in [2.45, 2.75) is 63.3 Å². The summed E-state index contributed by atoms with van der Waals surface area (Å²) >= 11 is 0. The van der Waals surface area contributed by atoms with Gasteiger partial charge in [0.05, 0.1) is 25.0 Å². The lowest BCUT2D eigenvalue weighted by atomic mass is 9.92. The summed E-state index contributed by atoms with van der Waals surface area (Å²) in [6.07, 6.45) is 12.1. The van der Waals surface area contributed by atoms with Gasteiger partial charge in [-0.05, 0) is 81.9 Å². The van der Waals surface area contributed by atoms with E-state index in [1.54, 1.807) is 12.1 Å². The van der Waals surface area contributed by atoms with Gasteiger partial charge in [-0.15, -0.1) is 6.42 Å². The highest BCUT2D eigenvalue weighted by atomic mass is 16.5. The molecule has 214 valence electrons. The zero-order valence-electron chi connectivity index (χ0n) is 24.0. The first-order valence-electron chi connectivity index (χ1n) is 14.9. The van der Waals surface area contributed by atoms with E-state index in [2.05, 4.69) is 35.1 Å². The Morgan fingerprint density at radius 3 is 2.73 bits per heavy atom. The molecule has 3 fully saturated rings. The van der Waals surface area contributed by atoms with Gasteiger partial charge in [-0.1, -0.05) is 18.1 Å². The number of benzene rings is 2. The first-order valence-corrected chi connectivity index (χ1v) is 14.9. The summed E-state index contributed by atoms with van der Waals surface area (Å²) in [5, 5.41) is 16.2. The molecule has 1 aliphatic carbocycles. The molecule has 2 N–H and O–H groups in total. The number of phenols is 1. The van der Waals surface area contributed by atoms with Crippen LogP contribution in [0.1, 0.15) is 60.6 Å². The molecule has 8 nitrogen and oxygen atoms in total. The van der Waals surface area contributed by atoms with E-state index >= 15 is 0 Å². The molecule has 3 aliphatic heterocycles. The van der Waals surface area contributed by atoms with E-state index in [1.807, 2.05) is 18.2 Å². The van der Waals surface area contributed by atoms with Gasteiger partial charge in [0.25, 0.3) is 0 Å². The van der Waals surface area contributed by atoms with Gasteiger partial charge in [-0.2, -0.15) is 9.97 Å². The van der Waals surface area contributed by atoms with Gasteiger partial charge in [0, 0.05) is 53.5 Å². The molecule has 0 amide bonds. The molecular weight excluding hydrogens is 514 g/mol. The number of hydrogen-bond acceptors (Lipinski definition) is 8. The fraction of sp³-hybridized carbons (Fsp3) is 0.515. The second-order valence-corrected chi connectivity index (χ2v) is 12.7. The molecule has 2 aromatic carbocycles. The van der Waals surface area contributed by atoms with Crippen molar-refractivity contribution < 1.29 is 14.6 Å². The Bertz CT molecular complexity index is 1500. The zero-order chi connectivity index (χ0) is 28.1. The third-order valence-electron chi connectivity index (χ3n) is 9.42. The third kappa shape index (κ3) is 5.23. The summed E-state index contributed by atoms with van der Waals surface area (Å²) in [7, 11) is 4.24. The van der Waals surface area contributed by atoms with Gasteiger partial charge in [0.1, 0.15) is 11.6 Å². The fourth-order valence-corrected chi connectivity index (χ4v) is 6.87. The Hall–Kier alpha value is -3.38. The second-order valence-electron chi connectivity index (χ2n) is 12.7. The number of nitrogens with one attached hydrogen (secondary N) is 1. The van der Waals surface area contributed by atoms with Gasteiger partial charge >= 0.3 is 6.01 Å². The molecule has 41 heavy (non-hydrogen) atoms. The average Bonchev–Trinajstić information content (AvgIpc) is 3.68. The van der Waals surface area contributed by atoms with Crippen LogP contribution in [0.2, 0.25) is 0 Å². The first-order chi connectivity index (χ1) is 19.9. The van der Waals surface area contributed by atoms with Crippen LogP contribution >= 0.6 is 0 Å². The van der Waals surface area contributed by atoms with Crippen LogP contribution in [-0.2, 0) is 17.8 Å². The molecule has 3 unspecified atom stereocenters. The lowest BCUT2D eigenvalue weighted by molar-refractivity contribution is 0.0263. The number of ether oxygens (including phenoxy) is 2. The normalized spacial score (nSPS) is 24.3. The smallest absolute Gasteiger partial charge is 0.318 e. The number of nitrogens with zero attached hydrogens (tertiary/aromatic N) is 4. The number of rotatable bonds is 8. The highest BCUT2D eigenvalue weighted by Crippen LogP contribution is 2.49. The third-order valence-corrected chi connectivity index (χ3v) is 9.42. The number of aromatic nitrogens is 2. The van der Waals surface area contributed by atoms with Crippen LogP contribution in [0.5, 0.6) is 11.8 Å². The lowest BCUT2D eigenvalue weighted by Gasteiger charge is -2.36. The van der Waals surface area contributed by atoms with Crippen LogP contribution in [0.15, 0.2) is 30.3 Å². The standard InChI is InChI=1S/C33H39N5O3/c1-4-21-6-5-7-22-14-25(39)15-26(30(21)22)29-16-28-27(19-40-29)31(38-17-23-8-9-24(18-38)34-23)36-32(35-28)41-20-33(10-11-33)12-13-37(2)3/h1,5-7,14-15,23-24,29,34,39H,8-13,16-20H2,2-3H3. The van der Waals surface area contributed by atoms with Crippen molar-refractivity contribution in [2.75, 3.05) is 45.2 Å². The molecule has 0 spiro atoms. The van der Waals surface area contributed by atoms with Crippen molar-refractivity contribution in [3.8, 4) is 24.1 Å². The molecule has 0 radical (unpaired) electrons. The van der Waals surface area contributed by atoms with Gasteiger partial charge in [0.15, 0.2) is 0 Å². The summed E-state index contributed by atoms with van der Waals surface area (Å²) in [6.45, 7) is 3.96. The Morgan fingerprint density at radius 1 is 1.20 bits per heavy atom. The maximum Gasteiger partial charge on any atom is 0.318 e. The Morgan fingerprint density at radius 2 is 2.00 bits per heavy atom. The van der Waals surface area contributed by atoms with Crippen LogP contribution in [0.25, 0.3) is 10.8 Å². The summed E-state index contributed by atoms with van der Waals surface area (Å²) in [5.41, 5.74) is 3.92. The van der Waals surface area contributed by atoms with E-state index in [-0.39, 0.29) is 17.3 Å². The van der Waals surface area contributed by atoms with Crippen molar-refractivity contribution in [1.29, 1.82) is 0 Å². The SMILES string of the molecule is C#Cc1cccc2cc(O)cc(C3Cc4nc(OCC5(CCN(C)C)CC5)nc(N5CC6CCC(C5)N6)c4CO3)c12. The number of piperazine rings is 1. The Balaban J connectivity index is 1.23. The van der Waals surface area contributed by atoms with Crippen LogP contribution in [0, 0.1) is 17.8 Å². The van der Waals surface area contributed by atoms with Crippen LogP contribution < -0.4 is 15.0 Å². The highest BCUT2D eigenvalue weighted by Gasteiger charge is 2.43. The maximum absolute atomic E-state index is 10.6. The number of terminal acetylenes is 1. The number of hydrogen-bond donors (Lipinski definition) is 2. The summed E-state index contributed by atoms with van der Waals surface area (Å²) in [5.74, 6) is 3.97. The molecule has 8 heteroatoms. The lowest BCUT2D eigenvalue weighted by Crippen LogP contribution is -2.51. The fourth-order valence-electron chi connectivity index (χ4n) is 6.87. The number of phenolic OH excluding ortho intramolecular Hbond substituents is 1. The quantitative estimate of drug-likeness (QED) is 0.402. The Kier molecular flexibility index (Phi) is 6.77. The van der Waals surface area contributed by atoms with E-state index in [0.29, 0.717) is 37.7 Å². The molecule has 1 saturated carbocycles.